The van der Waals surface area contributed by atoms with E-state index in [1.54, 1.807) is 24.3 Å². The van der Waals surface area contributed by atoms with Crippen LogP contribution in [0.2, 0.25) is 0 Å². The third-order valence-corrected chi connectivity index (χ3v) is 3.13. The molecule has 0 unspecified atom stereocenters. The molecule has 0 N–H and O–H groups in total. The zero-order valence-electron chi connectivity index (χ0n) is 12.4. The number of oxime groups is 1. The first-order chi connectivity index (χ1) is 10.6. The number of carboxylic acid groups (broad SMARTS) is 1. The van der Waals surface area contributed by atoms with Gasteiger partial charge in [0.1, 0.15) is 25.2 Å². The highest BCUT2D eigenvalue weighted by atomic mass is 16.6. The van der Waals surface area contributed by atoms with E-state index in [1.165, 1.54) is 7.11 Å². The summed E-state index contributed by atoms with van der Waals surface area (Å²) in [5.41, 5.74) is 1.85. The summed E-state index contributed by atoms with van der Waals surface area (Å²) in [6.45, 7) is 2.16. The number of hydrogen-bond acceptors (Lipinski definition) is 5. The maximum atomic E-state index is 11.2. The Morgan fingerprint density at radius 3 is 2.50 bits per heavy atom. The minimum absolute atomic E-state index is 0.219. The van der Waals surface area contributed by atoms with E-state index in [0.29, 0.717) is 11.1 Å². The van der Waals surface area contributed by atoms with Gasteiger partial charge in [-0.3, -0.25) is 0 Å². The van der Waals surface area contributed by atoms with Crippen molar-refractivity contribution in [3.05, 3.63) is 65.2 Å². The Hall–Kier alpha value is -2.82. The van der Waals surface area contributed by atoms with Crippen LogP contribution in [0.5, 0.6) is 5.75 Å². The van der Waals surface area contributed by atoms with Crippen LogP contribution in [0.15, 0.2) is 53.7 Å². The van der Waals surface area contributed by atoms with Crippen molar-refractivity contribution in [1.29, 1.82) is 0 Å². The van der Waals surface area contributed by atoms with Crippen molar-refractivity contribution in [2.75, 3.05) is 7.11 Å². The van der Waals surface area contributed by atoms with Crippen LogP contribution in [0.4, 0.5) is 0 Å². The number of rotatable bonds is 6. The Balaban J connectivity index is 2.27. The predicted molar refractivity (Wildman–Crippen MR) is 80.5 cm³/mol. The normalized spacial score (nSPS) is 11.1. The van der Waals surface area contributed by atoms with Crippen LogP contribution in [0.25, 0.3) is 0 Å². The van der Waals surface area contributed by atoms with Crippen LogP contribution in [-0.2, 0) is 16.2 Å². The van der Waals surface area contributed by atoms with Gasteiger partial charge in [0.25, 0.3) is 0 Å². The molecule has 0 saturated heterocycles. The van der Waals surface area contributed by atoms with Crippen molar-refractivity contribution >= 4 is 11.7 Å². The van der Waals surface area contributed by atoms with Gasteiger partial charge in [-0.25, -0.2) is 0 Å². The first kappa shape index (κ1) is 15.6. The van der Waals surface area contributed by atoms with Gasteiger partial charge < -0.3 is 19.5 Å². The van der Waals surface area contributed by atoms with Gasteiger partial charge in [-0.2, -0.15) is 0 Å². The fourth-order valence-corrected chi connectivity index (χ4v) is 2.04. The van der Waals surface area contributed by atoms with Crippen LogP contribution in [0.1, 0.15) is 16.7 Å². The lowest BCUT2D eigenvalue weighted by atomic mass is 10.0. The minimum atomic E-state index is -1.40. The zero-order valence-corrected chi connectivity index (χ0v) is 12.4. The summed E-state index contributed by atoms with van der Waals surface area (Å²) < 4.78 is 5.76. The lowest BCUT2D eigenvalue weighted by molar-refractivity contribution is -0.294. The maximum absolute atomic E-state index is 11.2. The minimum Gasteiger partial charge on any atom is -0.543 e. The molecule has 0 atom stereocenters. The Morgan fingerprint density at radius 1 is 1.14 bits per heavy atom. The number of carboxylic acids is 1. The molecule has 22 heavy (non-hydrogen) atoms. The molecule has 5 heteroatoms. The Morgan fingerprint density at radius 2 is 1.82 bits per heavy atom. The summed E-state index contributed by atoms with van der Waals surface area (Å²) in [5, 5.41) is 14.7. The molecule has 0 fully saturated rings. The molecule has 0 spiro atoms. The molecule has 0 radical (unpaired) electrons. The van der Waals surface area contributed by atoms with Crippen LogP contribution in [0, 0.1) is 6.92 Å². The number of benzene rings is 2. The van der Waals surface area contributed by atoms with E-state index in [9.17, 15) is 9.90 Å². The van der Waals surface area contributed by atoms with E-state index in [0.717, 1.165) is 11.3 Å². The van der Waals surface area contributed by atoms with Crippen LogP contribution in [-0.4, -0.2) is 18.8 Å². The summed E-state index contributed by atoms with van der Waals surface area (Å²) in [7, 11) is 1.29. The van der Waals surface area contributed by atoms with E-state index >= 15 is 0 Å². The fraction of sp³-hybridized carbons (Fsp3) is 0.176. The van der Waals surface area contributed by atoms with Crippen molar-refractivity contribution in [3.8, 4) is 5.75 Å². The SMILES string of the molecule is CO/N=C(\C(=O)[O-])c1ccccc1COc1ccccc1C. The van der Waals surface area contributed by atoms with Crippen molar-refractivity contribution in [1.82, 2.24) is 0 Å². The molecule has 2 aromatic rings. The second-order valence-corrected chi connectivity index (χ2v) is 4.62. The highest BCUT2D eigenvalue weighted by molar-refractivity contribution is 6.41. The summed E-state index contributed by atoms with van der Waals surface area (Å²) in [5.74, 6) is -0.652. The average molecular weight is 298 g/mol. The van der Waals surface area contributed by atoms with Crippen molar-refractivity contribution in [2.45, 2.75) is 13.5 Å². The molecule has 0 heterocycles. The quantitative estimate of drug-likeness (QED) is 0.601. The van der Waals surface area contributed by atoms with Crippen molar-refractivity contribution in [3.63, 3.8) is 0 Å². The summed E-state index contributed by atoms with van der Waals surface area (Å²) in [4.78, 5) is 15.8. The third kappa shape index (κ3) is 3.63. The van der Waals surface area contributed by atoms with Gasteiger partial charge in [-0.15, -0.1) is 0 Å². The molecule has 0 bridgehead atoms. The number of carbonyl (C=O) groups is 1. The molecule has 0 aliphatic carbocycles. The van der Waals surface area contributed by atoms with E-state index in [4.69, 9.17) is 4.74 Å². The van der Waals surface area contributed by atoms with Gasteiger partial charge in [0, 0.05) is 5.56 Å². The van der Waals surface area contributed by atoms with Crippen molar-refractivity contribution < 1.29 is 19.5 Å². The molecule has 114 valence electrons. The zero-order chi connectivity index (χ0) is 15.9. The molecule has 0 amide bonds. The monoisotopic (exact) mass is 298 g/mol. The van der Waals surface area contributed by atoms with Crippen LogP contribution < -0.4 is 9.84 Å². The molecule has 2 aromatic carbocycles. The van der Waals surface area contributed by atoms with Crippen molar-refractivity contribution in [2.24, 2.45) is 5.16 Å². The van der Waals surface area contributed by atoms with Gasteiger partial charge in [-0.05, 0) is 24.1 Å². The summed E-state index contributed by atoms with van der Waals surface area (Å²) >= 11 is 0. The molecule has 5 nitrogen and oxygen atoms in total. The van der Waals surface area contributed by atoms with Gasteiger partial charge >= 0.3 is 0 Å². The summed E-state index contributed by atoms with van der Waals surface area (Å²) in [6.07, 6.45) is 0. The number of para-hydroxylation sites is 1. The number of nitrogens with zero attached hydrogens (tertiary/aromatic N) is 1. The molecule has 0 aliphatic heterocycles. The smallest absolute Gasteiger partial charge is 0.133 e. The van der Waals surface area contributed by atoms with E-state index in [2.05, 4.69) is 9.99 Å². The highest BCUT2D eigenvalue weighted by Gasteiger charge is 2.12. The Bertz CT molecular complexity index is 695. The topological polar surface area (TPSA) is 71.0 Å². The number of carbonyl (C=O) groups excluding carboxylic acids is 1. The van der Waals surface area contributed by atoms with E-state index in [1.807, 2.05) is 31.2 Å². The Kier molecular flexibility index (Phi) is 5.14. The molecule has 0 aromatic heterocycles. The lowest BCUT2D eigenvalue weighted by Crippen LogP contribution is -2.33. The van der Waals surface area contributed by atoms with Crippen LogP contribution >= 0.6 is 0 Å². The molecular formula is C17H16NO4-. The highest BCUT2D eigenvalue weighted by Crippen LogP contribution is 2.19. The van der Waals surface area contributed by atoms with E-state index < -0.39 is 5.97 Å². The molecule has 0 aliphatic rings. The standard InChI is InChI=1S/C17H17NO4/c1-12-7-3-6-10-15(12)22-11-13-8-4-5-9-14(13)16(17(19)20)18-21-2/h3-10H,11H2,1-2H3,(H,19,20)/p-1/b18-16-. The van der Waals surface area contributed by atoms with Gasteiger partial charge in [0.15, 0.2) is 0 Å². The summed E-state index contributed by atoms with van der Waals surface area (Å²) in [6, 6.07) is 14.6. The first-order valence-corrected chi connectivity index (χ1v) is 6.72. The largest absolute Gasteiger partial charge is 0.543 e. The first-order valence-electron chi connectivity index (χ1n) is 6.72. The number of aliphatic carboxylic acids is 1. The Labute approximate surface area is 128 Å². The molecule has 0 saturated carbocycles. The lowest BCUT2D eigenvalue weighted by Gasteiger charge is -2.14. The average Bonchev–Trinajstić information content (AvgIpc) is 2.52. The second-order valence-electron chi connectivity index (χ2n) is 4.62. The second kappa shape index (κ2) is 7.26. The fourth-order valence-electron chi connectivity index (χ4n) is 2.04. The van der Waals surface area contributed by atoms with Gasteiger partial charge in [0.2, 0.25) is 0 Å². The van der Waals surface area contributed by atoms with Gasteiger partial charge in [-0.1, -0.05) is 47.6 Å². The number of ether oxygens (including phenoxy) is 1. The predicted octanol–water partition coefficient (Wildman–Crippen LogP) is 1.67. The molecule has 2 rings (SSSR count). The van der Waals surface area contributed by atoms with Gasteiger partial charge in [0.05, 0.1) is 5.97 Å². The van der Waals surface area contributed by atoms with E-state index in [-0.39, 0.29) is 12.3 Å². The van der Waals surface area contributed by atoms with Crippen LogP contribution in [0.3, 0.4) is 0 Å². The molecular weight excluding hydrogens is 282 g/mol. The maximum Gasteiger partial charge on any atom is 0.133 e. The number of hydrogen-bond donors (Lipinski definition) is 0. The number of aryl methyl sites for hydroxylation is 1. The third-order valence-electron chi connectivity index (χ3n) is 3.13.